The first-order valence-corrected chi connectivity index (χ1v) is 7.67. The van der Waals surface area contributed by atoms with Crippen molar-refractivity contribution in [2.75, 3.05) is 27.9 Å². The van der Waals surface area contributed by atoms with Crippen LogP contribution < -0.4 is 0 Å². The Bertz CT molecular complexity index is 662. The molecule has 1 aromatic carbocycles. The predicted octanol–water partition coefficient (Wildman–Crippen LogP) is 1.37. The van der Waals surface area contributed by atoms with Crippen LogP contribution in [0.1, 0.15) is 17.9 Å². The Morgan fingerprint density at radius 2 is 1.60 bits per heavy atom. The SMILES string of the molecule is COC(=O)C(C1=CCCOC1(C(=O)OC)C(=O)OC)c1ccccc1. The summed E-state index contributed by atoms with van der Waals surface area (Å²) in [6.45, 7) is 0.108. The second-order valence-electron chi connectivity index (χ2n) is 5.33. The van der Waals surface area contributed by atoms with Gasteiger partial charge in [0.15, 0.2) is 0 Å². The summed E-state index contributed by atoms with van der Waals surface area (Å²) in [5.74, 6) is -3.53. The lowest BCUT2D eigenvalue weighted by Crippen LogP contribution is -2.55. The maximum Gasteiger partial charge on any atom is 0.354 e. The monoisotopic (exact) mass is 348 g/mol. The van der Waals surface area contributed by atoms with Crippen LogP contribution in [-0.2, 0) is 33.3 Å². The number of esters is 3. The van der Waals surface area contributed by atoms with Crippen molar-refractivity contribution in [1.82, 2.24) is 0 Å². The average Bonchev–Trinajstić information content (AvgIpc) is 2.67. The lowest BCUT2D eigenvalue weighted by Gasteiger charge is -2.36. The first kappa shape index (κ1) is 18.7. The Morgan fingerprint density at radius 3 is 2.12 bits per heavy atom. The first-order valence-electron chi connectivity index (χ1n) is 7.67. The van der Waals surface area contributed by atoms with E-state index in [1.165, 1.54) is 7.11 Å². The molecule has 0 saturated carbocycles. The van der Waals surface area contributed by atoms with Crippen molar-refractivity contribution in [3.8, 4) is 0 Å². The van der Waals surface area contributed by atoms with Crippen LogP contribution in [0.4, 0.5) is 0 Å². The molecule has 7 nitrogen and oxygen atoms in total. The highest BCUT2D eigenvalue weighted by atomic mass is 16.6. The summed E-state index contributed by atoms with van der Waals surface area (Å²) in [5.41, 5.74) is -1.45. The van der Waals surface area contributed by atoms with Crippen LogP contribution in [0.3, 0.4) is 0 Å². The lowest BCUT2D eigenvalue weighted by atomic mass is 9.78. The second-order valence-corrected chi connectivity index (χ2v) is 5.33. The van der Waals surface area contributed by atoms with E-state index in [4.69, 9.17) is 18.9 Å². The molecule has 1 aliphatic rings. The van der Waals surface area contributed by atoms with Crippen molar-refractivity contribution in [2.45, 2.75) is 17.9 Å². The fourth-order valence-electron chi connectivity index (χ4n) is 2.90. The molecule has 0 spiro atoms. The largest absolute Gasteiger partial charge is 0.468 e. The van der Waals surface area contributed by atoms with E-state index in [-0.39, 0.29) is 12.2 Å². The zero-order valence-electron chi connectivity index (χ0n) is 14.3. The van der Waals surface area contributed by atoms with Crippen LogP contribution in [0.2, 0.25) is 0 Å². The minimum Gasteiger partial charge on any atom is -0.468 e. The van der Waals surface area contributed by atoms with E-state index < -0.39 is 29.4 Å². The van der Waals surface area contributed by atoms with Gasteiger partial charge < -0.3 is 18.9 Å². The van der Waals surface area contributed by atoms with Crippen LogP contribution in [0.15, 0.2) is 42.0 Å². The number of hydrogen-bond acceptors (Lipinski definition) is 7. The molecule has 134 valence electrons. The molecule has 0 amide bonds. The average molecular weight is 348 g/mol. The highest BCUT2D eigenvalue weighted by Crippen LogP contribution is 2.40. The molecule has 0 saturated heterocycles. The maximum absolute atomic E-state index is 12.5. The van der Waals surface area contributed by atoms with Gasteiger partial charge in [-0.1, -0.05) is 36.4 Å². The smallest absolute Gasteiger partial charge is 0.354 e. The van der Waals surface area contributed by atoms with Gasteiger partial charge in [0.1, 0.15) is 5.92 Å². The van der Waals surface area contributed by atoms with E-state index in [1.807, 2.05) is 0 Å². The topological polar surface area (TPSA) is 88.1 Å². The molecular formula is C18H20O7. The normalized spacial score (nSPS) is 17.0. The fraction of sp³-hybridized carbons (Fsp3) is 0.389. The van der Waals surface area contributed by atoms with E-state index >= 15 is 0 Å². The number of carbonyl (C=O) groups is 3. The van der Waals surface area contributed by atoms with Crippen molar-refractivity contribution >= 4 is 17.9 Å². The minimum atomic E-state index is -2.14. The highest BCUT2D eigenvalue weighted by molar-refractivity contribution is 6.09. The van der Waals surface area contributed by atoms with Crippen LogP contribution in [0.25, 0.3) is 0 Å². The van der Waals surface area contributed by atoms with E-state index in [2.05, 4.69) is 0 Å². The molecule has 1 unspecified atom stereocenters. The first-order chi connectivity index (χ1) is 12.0. The van der Waals surface area contributed by atoms with Crippen LogP contribution in [0.5, 0.6) is 0 Å². The predicted molar refractivity (Wildman–Crippen MR) is 86.6 cm³/mol. The van der Waals surface area contributed by atoms with Gasteiger partial charge in [0.05, 0.1) is 27.9 Å². The summed E-state index contributed by atoms with van der Waals surface area (Å²) in [6, 6.07) is 8.69. The summed E-state index contributed by atoms with van der Waals surface area (Å²) in [7, 11) is 3.51. The van der Waals surface area contributed by atoms with Gasteiger partial charge in [-0.05, 0) is 17.6 Å². The minimum absolute atomic E-state index is 0.108. The number of rotatable bonds is 5. The molecule has 0 N–H and O–H groups in total. The summed E-state index contributed by atoms with van der Waals surface area (Å²) in [4.78, 5) is 37.5. The maximum atomic E-state index is 12.5. The third-order valence-corrected chi connectivity index (χ3v) is 4.03. The van der Waals surface area contributed by atoms with Gasteiger partial charge in [-0.3, -0.25) is 4.79 Å². The van der Waals surface area contributed by atoms with Crippen LogP contribution in [0, 0.1) is 0 Å². The molecule has 1 heterocycles. The second kappa shape index (κ2) is 7.94. The number of carbonyl (C=O) groups excluding carboxylic acids is 3. The molecule has 0 fully saturated rings. The molecule has 0 aromatic heterocycles. The van der Waals surface area contributed by atoms with Crippen LogP contribution in [-0.4, -0.2) is 51.4 Å². The van der Waals surface area contributed by atoms with Gasteiger partial charge in [0.2, 0.25) is 0 Å². The third kappa shape index (κ3) is 3.28. The van der Waals surface area contributed by atoms with Gasteiger partial charge in [-0.2, -0.15) is 0 Å². The van der Waals surface area contributed by atoms with Gasteiger partial charge in [0, 0.05) is 0 Å². The molecular weight excluding hydrogens is 328 g/mol. The molecule has 1 aromatic rings. The fourth-order valence-corrected chi connectivity index (χ4v) is 2.90. The van der Waals surface area contributed by atoms with Crippen molar-refractivity contribution in [2.24, 2.45) is 0 Å². The Kier molecular flexibility index (Phi) is 5.93. The Balaban J connectivity index is 2.67. The van der Waals surface area contributed by atoms with E-state index in [1.54, 1.807) is 36.4 Å². The number of ether oxygens (including phenoxy) is 4. The van der Waals surface area contributed by atoms with E-state index in [0.29, 0.717) is 12.0 Å². The number of benzene rings is 1. The third-order valence-electron chi connectivity index (χ3n) is 4.03. The van der Waals surface area contributed by atoms with E-state index in [9.17, 15) is 14.4 Å². The van der Waals surface area contributed by atoms with Crippen molar-refractivity contribution in [3.05, 3.63) is 47.5 Å². The van der Waals surface area contributed by atoms with Gasteiger partial charge in [-0.25, -0.2) is 9.59 Å². The zero-order valence-corrected chi connectivity index (χ0v) is 14.3. The summed E-state index contributed by atoms with van der Waals surface area (Å²) in [5, 5.41) is 0. The molecule has 0 radical (unpaired) electrons. The van der Waals surface area contributed by atoms with Gasteiger partial charge >= 0.3 is 17.9 Å². The standard InChI is InChI=1S/C18H20O7/c1-22-15(19)14(12-8-5-4-6-9-12)13-10-7-11-25-18(13,16(20)23-2)17(21)24-3/h4-6,8-10,14H,7,11H2,1-3H3. The quantitative estimate of drug-likeness (QED) is 0.344. The molecule has 1 aliphatic heterocycles. The molecule has 0 bridgehead atoms. The molecule has 2 rings (SSSR count). The number of methoxy groups -OCH3 is 3. The summed E-state index contributed by atoms with van der Waals surface area (Å²) in [6.07, 6.45) is 2.05. The molecule has 1 atom stereocenters. The van der Waals surface area contributed by atoms with E-state index in [0.717, 1.165) is 14.2 Å². The molecule has 7 heteroatoms. The van der Waals surface area contributed by atoms with Gasteiger partial charge in [-0.15, -0.1) is 0 Å². The Morgan fingerprint density at radius 1 is 1.00 bits per heavy atom. The Labute approximate surface area is 145 Å². The Hall–Kier alpha value is -2.67. The van der Waals surface area contributed by atoms with Crippen molar-refractivity contribution in [1.29, 1.82) is 0 Å². The van der Waals surface area contributed by atoms with Crippen molar-refractivity contribution < 1.29 is 33.3 Å². The molecule has 25 heavy (non-hydrogen) atoms. The molecule has 0 aliphatic carbocycles. The van der Waals surface area contributed by atoms with Crippen LogP contribution >= 0.6 is 0 Å². The zero-order chi connectivity index (χ0) is 18.4. The lowest BCUT2D eigenvalue weighted by molar-refractivity contribution is -0.184. The number of hydrogen-bond donors (Lipinski definition) is 0. The van der Waals surface area contributed by atoms with Gasteiger partial charge in [0.25, 0.3) is 5.60 Å². The highest BCUT2D eigenvalue weighted by Gasteiger charge is 2.57. The summed E-state index contributed by atoms with van der Waals surface area (Å²) >= 11 is 0. The summed E-state index contributed by atoms with van der Waals surface area (Å²) < 4.78 is 20.0. The van der Waals surface area contributed by atoms with Crippen molar-refractivity contribution in [3.63, 3.8) is 0 Å².